The first kappa shape index (κ1) is 17.5. The Balaban J connectivity index is 1.42. The summed E-state index contributed by atoms with van der Waals surface area (Å²) in [5.41, 5.74) is 0.341. The Hall–Kier alpha value is -1.95. The van der Waals surface area contributed by atoms with Gasteiger partial charge in [0.1, 0.15) is 0 Å². The maximum absolute atomic E-state index is 12.6. The summed E-state index contributed by atoms with van der Waals surface area (Å²) >= 11 is 0. The number of benzene rings is 1. The second-order valence-electron chi connectivity index (χ2n) is 8.07. The van der Waals surface area contributed by atoms with Crippen molar-refractivity contribution in [1.82, 2.24) is 10.2 Å². The molecule has 140 valence electrons. The van der Waals surface area contributed by atoms with Crippen LogP contribution >= 0.6 is 0 Å². The summed E-state index contributed by atoms with van der Waals surface area (Å²) in [5, 5.41) is 14.1. The number of nitrogens with one attached hydrogen (secondary N) is 1. The van der Waals surface area contributed by atoms with Gasteiger partial charge in [0.05, 0.1) is 4.92 Å². The van der Waals surface area contributed by atoms with Crippen molar-refractivity contribution in [3.05, 3.63) is 39.9 Å². The number of hydrogen-bond donors (Lipinski definition) is 1. The van der Waals surface area contributed by atoms with E-state index in [1.165, 1.54) is 57.1 Å². The molecule has 1 aromatic rings. The maximum atomic E-state index is 12.6. The number of piperidine rings is 2. The number of nitro groups is 1. The van der Waals surface area contributed by atoms with E-state index in [2.05, 4.69) is 10.2 Å². The predicted molar refractivity (Wildman–Crippen MR) is 99.1 cm³/mol. The molecule has 1 aromatic carbocycles. The van der Waals surface area contributed by atoms with Crippen molar-refractivity contribution >= 4 is 11.6 Å². The van der Waals surface area contributed by atoms with Crippen LogP contribution in [-0.4, -0.2) is 39.9 Å². The van der Waals surface area contributed by atoms with E-state index < -0.39 is 4.92 Å². The highest BCUT2D eigenvalue weighted by Crippen LogP contribution is 2.39. The zero-order valence-corrected chi connectivity index (χ0v) is 15.1. The first-order chi connectivity index (χ1) is 12.6. The lowest BCUT2D eigenvalue weighted by molar-refractivity contribution is -0.384. The molecule has 1 aliphatic carbocycles. The van der Waals surface area contributed by atoms with Crippen LogP contribution in [0.4, 0.5) is 5.69 Å². The van der Waals surface area contributed by atoms with Crippen molar-refractivity contribution in [2.75, 3.05) is 0 Å². The summed E-state index contributed by atoms with van der Waals surface area (Å²) in [5.74, 6) is -0.189. The zero-order valence-electron chi connectivity index (χ0n) is 15.1. The third-order valence-corrected chi connectivity index (χ3v) is 6.43. The Bertz CT molecular complexity index is 673. The summed E-state index contributed by atoms with van der Waals surface area (Å²) in [6, 6.07) is 8.10. The van der Waals surface area contributed by atoms with Gasteiger partial charge in [0.15, 0.2) is 0 Å². The van der Waals surface area contributed by atoms with Gasteiger partial charge in [-0.05, 0) is 44.6 Å². The van der Waals surface area contributed by atoms with Crippen LogP contribution < -0.4 is 5.32 Å². The lowest BCUT2D eigenvalue weighted by Crippen LogP contribution is -2.59. The van der Waals surface area contributed by atoms with E-state index in [0.29, 0.717) is 17.6 Å². The van der Waals surface area contributed by atoms with Crippen molar-refractivity contribution in [3.63, 3.8) is 0 Å². The van der Waals surface area contributed by atoms with Crippen LogP contribution in [0.2, 0.25) is 0 Å². The van der Waals surface area contributed by atoms with E-state index >= 15 is 0 Å². The van der Waals surface area contributed by atoms with Gasteiger partial charge in [0.25, 0.3) is 11.6 Å². The van der Waals surface area contributed by atoms with Crippen molar-refractivity contribution in [2.24, 2.45) is 0 Å². The van der Waals surface area contributed by atoms with Crippen LogP contribution in [0.5, 0.6) is 0 Å². The fourth-order valence-corrected chi connectivity index (χ4v) is 5.36. The Morgan fingerprint density at radius 3 is 2.35 bits per heavy atom. The minimum atomic E-state index is -0.457. The number of rotatable bonds is 4. The topological polar surface area (TPSA) is 75.5 Å². The van der Waals surface area contributed by atoms with E-state index in [9.17, 15) is 14.9 Å². The number of hydrogen-bond acceptors (Lipinski definition) is 4. The van der Waals surface area contributed by atoms with E-state index in [1.54, 1.807) is 12.1 Å². The lowest BCUT2D eigenvalue weighted by atomic mass is 9.80. The predicted octanol–water partition coefficient (Wildman–Crippen LogP) is 3.65. The Morgan fingerprint density at radius 1 is 1.04 bits per heavy atom. The normalized spacial score (nSPS) is 29.5. The third kappa shape index (κ3) is 3.47. The standard InChI is InChI=1S/C20H27N3O3/c24-20(14-5-3-10-19(11-14)23(25)26)21-15-12-17-8-4-9-18(13-15)22(17)16-6-1-2-7-16/h3,5,10-11,15-18H,1-2,4,6-9,12-13H2,(H,21,24)/t15?,17-,18+. The van der Waals surface area contributed by atoms with Crippen LogP contribution in [0.1, 0.15) is 68.1 Å². The van der Waals surface area contributed by atoms with Gasteiger partial charge < -0.3 is 5.32 Å². The van der Waals surface area contributed by atoms with Crippen LogP contribution in [0.3, 0.4) is 0 Å². The van der Waals surface area contributed by atoms with Gasteiger partial charge in [-0.1, -0.05) is 25.3 Å². The Kier molecular flexibility index (Phi) is 4.94. The van der Waals surface area contributed by atoms with Crippen LogP contribution in [0, 0.1) is 10.1 Å². The molecular weight excluding hydrogens is 330 g/mol. The summed E-state index contributed by atoms with van der Waals surface area (Å²) in [6.07, 6.45) is 11.1. The van der Waals surface area contributed by atoms with Gasteiger partial charge in [0, 0.05) is 41.9 Å². The molecule has 0 aromatic heterocycles. The minimum Gasteiger partial charge on any atom is -0.349 e. The van der Waals surface area contributed by atoms with Crippen LogP contribution in [0.25, 0.3) is 0 Å². The van der Waals surface area contributed by atoms with Gasteiger partial charge in [-0.15, -0.1) is 0 Å². The fourth-order valence-electron chi connectivity index (χ4n) is 5.36. The van der Waals surface area contributed by atoms with Gasteiger partial charge in [0.2, 0.25) is 0 Å². The molecule has 1 N–H and O–H groups in total. The average molecular weight is 357 g/mol. The first-order valence-electron chi connectivity index (χ1n) is 9.94. The molecule has 0 radical (unpaired) electrons. The van der Waals surface area contributed by atoms with E-state index in [1.807, 2.05) is 0 Å². The number of nitro benzene ring substituents is 1. The van der Waals surface area contributed by atoms with Gasteiger partial charge in [-0.25, -0.2) is 0 Å². The molecule has 3 fully saturated rings. The van der Waals surface area contributed by atoms with E-state index in [-0.39, 0.29) is 17.6 Å². The van der Waals surface area contributed by atoms with Crippen molar-refractivity contribution in [2.45, 2.75) is 82.0 Å². The number of amides is 1. The number of non-ortho nitro benzene ring substituents is 1. The largest absolute Gasteiger partial charge is 0.349 e. The molecule has 0 spiro atoms. The molecule has 2 aliphatic heterocycles. The average Bonchev–Trinajstić information content (AvgIpc) is 3.15. The molecule has 2 heterocycles. The highest BCUT2D eigenvalue weighted by Gasteiger charge is 2.42. The highest BCUT2D eigenvalue weighted by molar-refractivity contribution is 5.95. The molecule has 26 heavy (non-hydrogen) atoms. The molecule has 6 nitrogen and oxygen atoms in total. The fraction of sp³-hybridized carbons (Fsp3) is 0.650. The summed E-state index contributed by atoms with van der Waals surface area (Å²) in [4.78, 5) is 25.9. The van der Waals surface area contributed by atoms with E-state index in [4.69, 9.17) is 0 Å². The molecule has 3 aliphatic rings. The van der Waals surface area contributed by atoms with Crippen LogP contribution in [0.15, 0.2) is 24.3 Å². The SMILES string of the molecule is O=C(NC1C[C@H]2CCC[C@@H](C1)N2C1CCCC1)c1cccc([N+](=O)[O-])c1. The molecule has 1 amide bonds. The summed E-state index contributed by atoms with van der Waals surface area (Å²) in [7, 11) is 0. The second kappa shape index (κ2) is 7.35. The van der Waals surface area contributed by atoms with Gasteiger partial charge >= 0.3 is 0 Å². The quantitative estimate of drug-likeness (QED) is 0.659. The number of carbonyl (C=O) groups is 1. The number of fused-ring (bicyclic) bond motifs is 2. The van der Waals surface area contributed by atoms with E-state index in [0.717, 1.165) is 18.9 Å². The number of nitrogens with zero attached hydrogens (tertiary/aromatic N) is 2. The summed E-state index contributed by atoms with van der Waals surface area (Å²) in [6.45, 7) is 0. The lowest BCUT2D eigenvalue weighted by Gasteiger charge is -2.51. The van der Waals surface area contributed by atoms with Crippen molar-refractivity contribution < 1.29 is 9.72 Å². The molecule has 4 rings (SSSR count). The molecule has 1 unspecified atom stereocenters. The summed E-state index contributed by atoms with van der Waals surface area (Å²) < 4.78 is 0. The molecule has 1 saturated carbocycles. The minimum absolute atomic E-state index is 0.0365. The third-order valence-electron chi connectivity index (χ3n) is 6.43. The van der Waals surface area contributed by atoms with Crippen molar-refractivity contribution in [1.29, 1.82) is 0 Å². The first-order valence-corrected chi connectivity index (χ1v) is 9.94. The number of carbonyl (C=O) groups excluding carboxylic acids is 1. The van der Waals surface area contributed by atoms with Crippen LogP contribution in [-0.2, 0) is 0 Å². The Morgan fingerprint density at radius 2 is 1.69 bits per heavy atom. The smallest absolute Gasteiger partial charge is 0.270 e. The van der Waals surface area contributed by atoms with Gasteiger partial charge in [-0.3, -0.25) is 19.8 Å². The zero-order chi connectivity index (χ0) is 18.1. The molecule has 2 saturated heterocycles. The molecular formula is C20H27N3O3. The molecule has 2 bridgehead atoms. The molecule has 6 heteroatoms. The second-order valence-corrected chi connectivity index (χ2v) is 8.07. The maximum Gasteiger partial charge on any atom is 0.270 e. The van der Waals surface area contributed by atoms with Gasteiger partial charge in [-0.2, -0.15) is 0 Å². The monoisotopic (exact) mass is 357 g/mol. The van der Waals surface area contributed by atoms with Crippen molar-refractivity contribution in [3.8, 4) is 0 Å². The molecule has 3 atom stereocenters. The highest BCUT2D eigenvalue weighted by atomic mass is 16.6. The Labute approximate surface area is 154 Å².